The Hall–Kier alpha value is -0.760. The Morgan fingerprint density at radius 3 is 2.36 bits per heavy atom. The average molecular weight is 338 g/mol. The quantitative estimate of drug-likeness (QED) is 0.538. The van der Waals surface area contributed by atoms with E-state index in [1.807, 2.05) is 13.8 Å². The number of allylic oxidation sites excluding steroid dienone is 1. The van der Waals surface area contributed by atoms with E-state index in [0.717, 1.165) is 6.42 Å². The zero-order valence-corrected chi connectivity index (χ0v) is 15.1. The van der Waals surface area contributed by atoms with E-state index in [2.05, 4.69) is 5.32 Å². The van der Waals surface area contributed by atoms with E-state index in [4.69, 9.17) is 5.73 Å². The molecule has 1 amide bonds. The highest BCUT2D eigenvalue weighted by Gasteiger charge is 2.31. The van der Waals surface area contributed by atoms with Crippen molar-refractivity contribution in [2.75, 3.05) is 0 Å². The minimum atomic E-state index is -4.70. The number of quaternary nitrogens is 2. The molecule has 1 aliphatic rings. The zero-order valence-electron chi connectivity index (χ0n) is 14.2. The van der Waals surface area contributed by atoms with Gasteiger partial charge in [-0.25, -0.2) is 0 Å². The number of hydrogen-bond donors (Lipinski definition) is 4. The lowest BCUT2D eigenvalue weighted by molar-refractivity contribution is -0.310. The van der Waals surface area contributed by atoms with Gasteiger partial charge < -0.3 is 37.7 Å². The van der Waals surface area contributed by atoms with Gasteiger partial charge in [0, 0.05) is 19.0 Å². The fraction of sp³-hybridized carbons (Fsp3) is 0.769. The predicted octanol–water partition coefficient (Wildman–Crippen LogP) is 0.825. The van der Waals surface area contributed by atoms with Crippen LogP contribution in [0.4, 0.5) is 0 Å². The average Bonchev–Trinajstić information content (AvgIpc) is 2.25. The molecule has 0 saturated heterocycles. The summed E-state index contributed by atoms with van der Waals surface area (Å²) in [6.07, 6.45) is 2.70. The van der Waals surface area contributed by atoms with Gasteiger partial charge in [-0.05, 0) is 44.0 Å². The van der Waals surface area contributed by atoms with E-state index in [-0.39, 0.29) is 41.9 Å². The normalized spacial score (nSPS) is 23.0. The highest BCUT2D eigenvalue weighted by atomic mass is 31.2. The molecule has 0 spiro atoms. The van der Waals surface area contributed by atoms with Crippen molar-refractivity contribution in [3.05, 3.63) is 11.4 Å². The maximum absolute atomic E-state index is 11.3. The summed E-state index contributed by atoms with van der Waals surface area (Å²) in [6, 6.07) is -0.528. The lowest BCUT2D eigenvalue weighted by atomic mass is 9.80. The lowest BCUT2D eigenvalue weighted by Crippen LogP contribution is -2.48. The lowest BCUT2D eigenvalue weighted by Gasteiger charge is -2.41. The number of nitrogens with two attached hydrogens (primary N) is 1. The maximum Gasteiger partial charge on any atom is 0.217 e. The number of nitrogens with one attached hydrogen (secondary N) is 1. The maximum atomic E-state index is 11.3. The van der Waals surface area contributed by atoms with Crippen LogP contribution in [0.1, 0.15) is 40.0 Å². The van der Waals surface area contributed by atoms with Gasteiger partial charge in [0.2, 0.25) is 5.91 Å². The Morgan fingerprint density at radius 2 is 2.00 bits per heavy atom. The molecule has 3 atom stereocenters. The third-order valence-corrected chi connectivity index (χ3v) is 4.67. The standard InChI is InChI=1S/C13H25N2O4P.2H3N/c1-8(2)6-13(15-9(3)16)11-5-4-10(7-12(11)14)20(17,18)19;;/h4,8,11-13H,5-7,14H2,1-3H3,(H,15,16)(H2,17,18,19);2*1H3/t11-,12-,13-;;/m0../s1. The molecule has 22 heavy (non-hydrogen) atoms. The van der Waals surface area contributed by atoms with Crippen molar-refractivity contribution in [1.29, 1.82) is 0 Å². The van der Waals surface area contributed by atoms with Crippen molar-refractivity contribution in [3.63, 3.8) is 0 Å². The molecule has 8 nitrogen and oxygen atoms in total. The topological polar surface area (TPSA) is 191 Å². The smallest absolute Gasteiger partial charge is 0.217 e. The van der Waals surface area contributed by atoms with E-state index in [1.165, 1.54) is 13.0 Å². The molecular weight excluding hydrogens is 307 g/mol. The molecule has 1 aliphatic carbocycles. The van der Waals surface area contributed by atoms with Crippen LogP contribution in [0.2, 0.25) is 0 Å². The molecule has 132 valence electrons. The minimum Gasteiger partial charge on any atom is -0.808 e. The molecule has 0 radical (unpaired) electrons. The van der Waals surface area contributed by atoms with E-state index < -0.39 is 13.6 Å². The molecule has 11 N–H and O–H groups in total. The summed E-state index contributed by atoms with van der Waals surface area (Å²) in [5.41, 5.74) is 6.03. The number of carbonyl (C=O) groups is 1. The van der Waals surface area contributed by atoms with Crippen molar-refractivity contribution < 1.29 is 19.1 Å². The van der Waals surface area contributed by atoms with Crippen LogP contribution in [0, 0.1) is 11.8 Å². The molecule has 0 aromatic carbocycles. The number of hydrogen-bond acceptors (Lipinski definition) is 5. The van der Waals surface area contributed by atoms with Gasteiger partial charge in [0.05, 0.1) is 0 Å². The SMILES string of the molecule is CC(=O)N[C@@H](CC(C)C)[C@H]1CC=C(P(=O)([O-])[O-])C[C@@H]1N.[NH4+].[NH4+]. The van der Waals surface area contributed by atoms with Gasteiger partial charge in [-0.1, -0.05) is 19.9 Å². The second-order valence-electron chi connectivity index (χ2n) is 5.90. The molecule has 0 aliphatic heterocycles. The van der Waals surface area contributed by atoms with Gasteiger partial charge in [0.1, 0.15) is 0 Å². The molecule has 0 saturated carbocycles. The summed E-state index contributed by atoms with van der Waals surface area (Å²) < 4.78 is 11.0. The summed E-state index contributed by atoms with van der Waals surface area (Å²) in [6.45, 7) is 5.55. The van der Waals surface area contributed by atoms with Crippen molar-refractivity contribution in [2.45, 2.75) is 52.1 Å². The number of amides is 1. The fourth-order valence-electron chi connectivity index (χ4n) is 2.72. The first-order valence-corrected chi connectivity index (χ1v) is 8.39. The predicted molar refractivity (Wildman–Crippen MR) is 85.4 cm³/mol. The van der Waals surface area contributed by atoms with Gasteiger partial charge in [-0.3, -0.25) is 4.79 Å². The van der Waals surface area contributed by atoms with Crippen LogP contribution in [0.5, 0.6) is 0 Å². The van der Waals surface area contributed by atoms with Crippen molar-refractivity contribution in [3.8, 4) is 0 Å². The van der Waals surface area contributed by atoms with E-state index in [1.54, 1.807) is 0 Å². The van der Waals surface area contributed by atoms with Crippen molar-refractivity contribution in [2.24, 2.45) is 17.6 Å². The van der Waals surface area contributed by atoms with Crippen LogP contribution in [-0.2, 0) is 9.36 Å². The highest BCUT2D eigenvalue weighted by molar-refractivity contribution is 7.53. The van der Waals surface area contributed by atoms with Gasteiger partial charge in [0.15, 0.2) is 0 Å². The van der Waals surface area contributed by atoms with Crippen LogP contribution in [0.15, 0.2) is 11.4 Å². The molecule has 1 rings (SSSR count). The minimum absolute atomic E-state index is 0. The Kier molecular flexibility index (Phi) is 10.0. The Bertz CT molecular complexity index is 436. The summed E-state index contributed by atoms with van der Waals surface area (Å²) in [7, 11) is -4.70. The largest absolute Gasteiger partial charge is 0.808 e. The summed E-state index contributed by atoms with van der Waals surface area (Å²) in [5, 5.41) is 2.79. The Balaban J connectivity index is 0. The number of rotatable bonds is 5. The summed E-state index contributed by atoms with van der Waals surface area (Å²) in [5.74, 6) is 0.210. The second kappa shape index (κ2) is 9.39. The van der Waals surface area contributed by atoms with Gasteiger partial charge in [-0.2, -0.15) is 0 Å². The fourth-order valence-corrected chi connectivity index (χ4v) is 3.48. The molecule has 0 bridgehead atoms. The molecule has 0 fully saturated rings. The summed E-state index contributed by atoms with van der Waals surface area (Å²) >= 11 is 0. The third-order valence-electron chi connectivity index (χ3n) is 3.60. The van der Waals surface area contributed by atoms with Crippen molar-refractivity contribution in [1.82, 2.24) is 17.6 Å². The third kappa shape index (κ3) is 7.00. The Morgan fingerprint density at radius 1 is 1.45 bits per heavy atom. The monoisotopic (exact) mass is 338 g/mol. The molecule has 0 unspecified atom stereocenters. The highest BCUT2D eigenvalue weighted by Crippen LogP contribution is 2.43. The zero-order chi connectivity index (χ0) is 15.5. The van der Waals surface area contributed by atoms with Crippen molar-refractivity contribution >= 4 is 13.5 Å². The molecule has 0 aromatic heterocycles. The Labute approximate surface area is 132 Å². The van der Waals surface area contributed by atoms with Gasteiger partial charge in [0.25, 0.3) is 0 Å². The first-order valence-electron chi connectivity index (χ1n) is 6.85. The van der Waals surface area contributed by atoms with E-state index >= 15 is 0 Å². The molecular formula is C13H31N4O4P. The first-order chi connectivity index (χ1) is 9.11. The molecule has 9 heteroatoms. The first kappa shape index (κ1) is 23.5. The van der Waals surface area contributed by atoms with Crippen LogP contribution < -0.4 is 33.1 Å². The van der Waals surface area contributed by atoms with Crippen LogP contribution in [-0.4, -0.2) is 18.0 Å². The van der Waals surface area contributed by atoms with Crippen LogP contribution in [0.25, 0.3) is 0 Å². The van der Waals surface area contributed by atoms with Crippen LogP contribution >= 0.6 is 7.60 Å². The van der Waals surface area contributed by atoms with E-state index in [0.29, 0.717) is 12.3 Å². The number of carbonyl (C=O) groups excluding carboxylic acids is 1. The second-order valence-corrected chi connectivity index (χ2v) is 7.47. The van der Waals surface area contributed by atoms with Gasteiger partial charge in [-0.15, -0.1) is 0 Å². The van der Waals surface area contributed by atoms with Crippen LogP contribution in [0.3, 0.4) is 0 Å². The summed E-state index contributed by atoms with van der Waals surface area (Å²) in [4.78, 5) is 33.4. The van der Waals surface area contributed by atoms with Gasteiger partial charge >= 0.3 is 0 Å². The molecule has 0 aromatic rings. The molecule has 0 heterocycles. The van der Waals surface area contributed by atoms with E-state index in [9.17, 15) is 19.1 Å².